The molecule has 3 rings (SSSR count). The number of aromatic nitrogens is 3. The molecule has 0 saturated carbocycles. The zero-order valence-corrected chi connectivity index (χ0v) is 16.4. The predicted octanol–water partition coefficient (Wildman–Crippen LogP) is 5.31. The highest BCUT2D eigenvalue weighted by Gasteiger charge is 2.32. The summed E-state index contributed by atoms with van der Waals surface area (Å²) >= 11 is 24.1. The topological polar surface area (TPSA) is 59.8 Å². The van der Waals surface area contributed by atoms with Crippen molar-refractivity contribution in [3.05, 3.63) is 70.8 Å². The lowest BCUT2D eigenvalue weighted by atomic mass is 10.2. The van der Waals surface area contributed by atoms with Crippen LogP contribution in [0.1, 0.15) is 22.0 Å². The molecule has 1 N–H and O–H groups in total. The number of benzene rings is 2. The average Bonchev–Trinajstić information content (AvgIpc) is 3.04. The second-order valence-electron chi connectivity index (χ2n) is 5.44. The molecular weight excluding hydrogens is 418 g/mol. The Morgan fingerprint density at radius 2 is 1.81 bits per heavy atom. The molecule has 0 saturated heterocycles. The minimum atomic E-state index is -1.86. The average molecular weight is 430 g/mol. The lowest BCUT2D eigenvalue weighted by Gasteiger charge is -2.11. The van der Waals surface area contributed by atoms with Gasteiger partial charge in [-0.15, -0.1) is 5.10 Å². The first-order valence-corrected chi connectivity index (χ1v) is 8.94. The van der Waals surface area contributed by atoms with Gasteiger partial charge in [-0.1, -0.05) is 70.7 Å². The normalized spacial score (nSPS) is 11.4. The van der Waals surface area contributed by atoms with E-state index in [-0.39, 0.29) is 11.6 Å². The Morgan fingerprint density at radius 1 is 1.12 bits per heavy atom. The fraction of sp³-hybridized carbons (Fsp3) is 0.118. The molecule has 0 bridgehead atoms. The largest absolute Gasteiger partial charge is 0.318 e. The van der Waals surface area contributed by atoms with Crippen LogP contribution >= 0.6 is 46.4 Å². The van der Waals surface area contributed by atoms with Crippen molar-refractivity contribution < 1.29 is 4.79 Å². The van der Waals surface area contributed by atoms with Crippen LogP contribution in [0, 0.1) is 6.92 Å². The van der Waals surface area contributed by atoms with E-state index in [4.69, 9.17) is 46.4 Å². The van der Waals surface area contributed by atoms with Gasteiger partial charge in [0.2, 0.25) is 9.62 Å². The van der Waals surface area contributed by atoms with Crippen molar-refractivity contribution in [1.29, 1.82) is 0 Å². The second kappa shape index (κ2) is 7.45. The molecule has 2 aromatic carbocycles. The highest BCUT2D eigenvalue weighted by atomic mass is 35.6. The lowest BCUT2D eigenvalue weighted by Crippen LogP contribution is -2.14. The summed E-state index contributed by atoms with van der Waals surface area (Å²) in [4.78, 5) is 16.6. The maximum atomic E-state index is 12.5. The van der Waals surface area contributed by atoms with Crippen molar-refractivity contribution in [2.45, 2.75) is 10.7 Å². The minimum Gasteiger partial charge on any atom is -0.318 e. The van der Waals surface area contributed by atoms with Gasteiger partial charge in [-0.2, -0.15) is 0 Å². The number of hydrogen-bond acceptors (Lipinski definition) is 3. The van der Waals surface area contributed by atoms with E-state index in [1.54, 1.807) is 36.4 Å². The van der Waals surface area contributed by atoms with Gasteiger partial charge < -0.3 is 5.32 Å². The number of nitrogens with zero attached hydrogens (tertiary/aromatic N) is 3. The van der Waals surface area contributed by atoms with E-state index in [1.807, 2.05) is 19.1 Å². The predicted molar refractivity (Wildman–Crippen MR) is 105 cm³/mol. The maximum absolute atomic E-state index is 12.5. The highest BCUT2D eigenvalue weighted by molar-refractivity contribution is 6.66. The lowest BCUT2D eigenvalue weighted by molar-refractivity contribution is 0.101. The van der Waals surface area contributed by atoms with Gasteiger partial charge in [-0.25, -0.2) is 9.67 Å². The van der Waals surface area contributed by atoms with E-state index < -0.39 is 9.70 Å². The summed E-state index contributed by atoms with van der Waals surface area (Å²) in [6.07, 6.45) is 0. The molecule has 0 unspecified atom stereocenters. The molecule has 0 aliphatic rings. The van der Waals surface area contributed by atoms with Gasteiger partial charge >= 0.3 is 0 Å². The van der Waals surface area contributed by atoms with Gasteiger partial charge in [0.25, 0.3) is 5.91 Å². The Hall–Kier alpha value is -1.79. The Labute approximate surface area is 169 Å². The van der Waals surface area contributed by atoms with Crippen LogP contribution in [0.15, 0.2) is 48.5 Å². The number of nitrogens with one attached hydrogen (secondary N) is 1. The number of para-hydroxylation sites is 1. The number of aryl methyl sites for hydroxylation is 1. The van der Waals surface area contributed by atoms with E-state index in [2.05, 4.69) is 15.4 Å². The standard InChI is InChI=1S/C17H12Cl4N4O/c1-10-7-8-13(12(18)9-10)22-15(26)14-23-16(17(19,20)21)25(24-14)11-5-3-2-4-6-11/h2-9H,1H3,(H,22,26). The number of anilines is 1. The van der Waals surface area contributed by atoms with Crippen molar-refractivity contribution in [2.24, 2.45) is 0 Å². The van der Waals surface area contributed by atoms with Crippen molar-refractivity contribution in [3.63, 3.8) is 0 Å². The van der Waals surface area contributed by atoms with Crippen molar-refractivity contribution in [3.8, 4) is 5.69 Å². The molecule has 0 aliphatic carbocycles. The van der Waals surface area contributed by atoms with Gasteiger partial charge in [-0.05, 0) is 36.8 Å². The fourth-order valence-corrected chi connectivity index (χ4v) is 2.89. The molecule has 0 fully saturated rings. The third-order valence-corrected chi connectivity index (χ3v) is 4.26. The molecule has 0 aliphatic heterocycles. The third-order valence-electron chi connectivity index (χ3n) is 3.44. The SMILES string of the molecule is Cc1ccc(NC(=O)c2nc(C(Cl)(Cl)Cl)n(-c3ccccc3)n2)c(Cl)c1. The van der Waals surface area contributed by atoms with Gasteiger partial charge in [0.1, 0.15) is 0 Å². The Morgan fingerprint density at radius 3 is 2.42 bits per heavy atom. The summed E-state index contributed by atoms with van der Waals surface area (Å²) in [6.45, 7) is 1.90. The number of carbonyl (C=O) groups excluding carboxylic acids is 1. The van der Waals surface area contributed by atoms with Gasteiger partial charge in [0.15, 0.2) is 5.82 Å². The summed E-state index contributed by atoms with van der Waals surface area (Å²) in [7, 11) is 0. The minimum absolute atomic E-state index is 0.00820. The van der Waals surface area contributed by atoms with E-state index in [0.29, 0.717) is 16.4 Å². The van der Waals surface area contributed by atoms with E-state index in [0.717, 1.165) is 5.56 Å². The summed E-state index contributed by atoms with van der Waals surface area (Å²) in [5.41, 5.74) is 2.01. The Bertz CT molecular complexity index is 951. The van der Waals surface area contributed by atoms with E-state index >= 15 is 0 Å². The molecule has 134 valence electrons. The van der Waals surface area contributed by atoms with Gasteiger partial charge in [-0.3, -0.25) is 4.79 Å². The molecule has 26 heavy (non-hydrogen) atoms. The monoisotopic (exact) mass is 428 g/mol. The first kappa shape index (κ1) is 19.0. The van der Waals surface area contributed by atoms with E-state index in [1.165, 1.54) is 4.68 Å². The summed E-state index contributed by atoms with van der Waals surface area (Å²) < 4.78 is -0.540. The smallest absolute Gasteiger partial charge is 0.295 e. The molecule has 1 aromatic heterocycles. The van der Waals surface area contributed by atoms with Crippen LogP contribution in [0.2, 0.25) is 5.02 Å². The van der Waals surface area contributed by atoms with Crippen molar-refractivity contribution in [2.75, 3.05) is 5.32 Å². The number of rotatable bonds is 3. The van der Waals surface area contributed by atoms with Crippen LogP contribution in [0.5, 0.6) is 0 Å². The molecule has 9 heteroatoms. The second-order valence-corrected chi connectivity index (χ2v) is 8.13. The quantitative estimate of drug-likeness (QED) is 0.574. The number of carbonyl (C=O) groups is 1. The van der Waals surface area contributed by atoms with Crippen LogP contribution in [-0.2, 0) is 3.79 Å². The van der Waals surface area contributed by atoms with Crippen LogP contribution < -0.4 is 5.32 Å². The van der Waals surface area contributed by atoms with Crippen molar-refractivity contribution in [1.82, 2.24) is 14.8 Å². The molecular formula is C17H12Cl4N4O. The fourth-order valence-electron chi connectivity index (χ4n) is 2.24. The van der Waals surface area contributed by atoms with Crippen LogP contribution in [0.25, 0.3) is 5.69 Å². The highest BCUT2D eigenvalue weighted by Crippen LogP contribution is 2.38. The van der Waals surface area contributed by atoms with Crippen LogP contribution in [-0.4, -0.2) is 20.7 Å². The Balaban J connectivity index is 1.98. The third kappa shape index (κ3) is 4.13. The zero-order chi connectivity index (χ0) is 18.9. The molecule has 0 spiro atoms. The van der Waals surface area contributed by atoms with E-state index in [9.17, 15) is 4.79 Å². The molecule has 3 aromatic rings. The first-order valence-electron chi connectivity index (χ1n) is 7.43. The van der Waals surface area contributed by atoms with Crippen LogP contribution in [0.4, 0.5) is 5.69 Å². The first-order chi connectivity index (χ1) is 12.3. The summed E-state index contributed by atoms with van der Waals surface area (Å²) in [5, 5.41) is 7.25. The maximum Gasteiger partial charge on any atom is 0.295 e. The van der Waals surface area contributed by atoms with Gasteiger partial charge in [0, 0.05) is 0 Å². The molecule has 5 nitrogen and oxygen atoms in total. The zero-order valence-electron chi connectivity index (χ0n) is 13.4. The molecule has 1 heterocycles. The number of amides is 1. The molecule has 0 radical (unpaired) electrons. The number of alkyl halides is 3. The Kier molecular flexibility index (Phi) is 5.44. The van der Waals surface area contributed by atoms with Crippen LogP contribution in [0.3, 0.4) is 0 Å². The van der Waals surface area contributed by atoms with Crippen molar-refractivity contribution >= 4 is 58.0 Å². The summed E-state index contributed by atoms with van der Waals surface area (Å²) in [6, 6.07) is 14.2. The summed E-state index contributed by atoms with van der Waals surface area (Å²) in [5.74, 6) is -0.707. The number of halogens is 4. The van der Waals surface area contributed by atoms with Gasteiger partial charge in [0.05, 0.1) is 16.4 Å². The molecule has 1 amide bonds. The number of hydrogen-bond donors (Lipinski definition) is 1. The molecule has 0 atom stereocenters.